The van der Waals surface area contributed by atoms with E-state index in [1.165, 1.54) is 0 Å². The van der Waals surface area contributed by atoms with Gasteiger partial charge in [0.1, 0.15) is 5.72 Å². The standard InChI is InChI=1S/C15H33NO3/c1-6-12(17)10-15(16,8-3)19-11-13(18)9-14(4,5)7-2/h12-13,17-18H,6-11,16H2,1-5H3. The molecule has 0 fully saturated rings. The summed E-state index contributed by atoms with van der Waals surface area (Å²) in [6.45, 7) is 10.5. The van der Waals surface area contributed by atoms with Gasteiger partial charge in [-0.1, -0.05) is 41.0 Å². The second-order valence-corrected chi connectivity index (χ2v) is 6.37. The Hall–Kier alpha value is -0.160. The van der Waals surface area contributed by atoms with E-state index in [2.05, 4.69) is 20.8 Å². The SMILES string of the molecule is CCC(O)CC(N)(CC)OCC(O)CC(C)(C)CC. The summed E-state index contributed by atoms with van der Waals surface area (Å²) in [5, 5.41) is 19.7. The maximum absolute atomic E-state index is 10.0. The van der Waals surface area contributed by atoms with Gasteiger partial charge in [0.25, 0.3) is 0 Å². The van der Waals surface area contributed by atoms with Crippen molar-refractivity contribution in [1.82, 2.24) is 0 Å². The fourth-order valence-electron chi connectivity index (χ4n) is 1.95. The quantitative estimate of drug-likeness (QED) is 0.535. The van der Waals surface area contributed by atoms with Crippen LogP contribution >= 0.6 is 0 Å². The molecule has 0 saturated heterocycles. The van der Waals surface area contributed by atoms with E-state index in [0.717, 1.165) is 6.42 Å². The average molecular weight is 275 g/mol. The minimum Gasteiger partial charge on any atom is -0.393 e. The van der Waals surface area contributed by atoms with Gasteiger partial charge in [0.2, 0.25) is 0 Å². The van der Waals surface area contributed by atoms with Crippen LogP contribution in [-0.4, -0.2) is 34.8 Å². The first-order valence-electron chi connectivity index (χ1n) is 7.47. The molecule has 116 valence electrons. The number of aliphatic hydroxyl groups is 2. The number of hydrogen-bond donors (Lipinski definition) is 3. The van der Waals surface area contributed by atoms with Gasteiger partial charge in [0.05, 0.1) is 18.8 Å². The minimum atomic E-state index is -0.841. The van der Waals surface area contributed by atoms with Crippen LogP contribution in [0.15, 0.2) is 0 Å². The molecule has 0 aromatic heterocycles. The Labute approximate surface area is 118 Å². The lowest BCUT2D eigenvalue weighted by Gasteiger charge is -2.33. The number of ether oxygens (including phenoxy) is 1. The van der Waals surface area contributed by atoms with Crippen LogP contribution in [0.4, 0.5) is 0 Å². The maximum atomic E-state index is 10.0. The van der Waals surface area contributed by atoms with Gasteiger partial charge in [0.15, 0.2) is 0 Å². The van der Waals surface area contributed by atoms with Crippen molar-refractivity contribution >= 4 is 0 Å². The first-order valence-corrected chi connectivity index (χ1v) is 7.47. The molecule has 0 saturated carbocycles. The predicted molar refractivity (Wildman–Crippen MR) is 78.8 cm³/mol. The van der Waals surface area contributed by atoms with Crippen LogP contribution in [0.5, 0.6) is 0 Å². The first kappa shape index (κ1) is 18.8. The first-order chi connectivity index (χ1) is 8.68. The summed E-state index contributed by atoms with van der Waals surface area (Å²) in [5.74, 6) is 0. The van der Waals surface area contributed by atoms with Crippen LogP contribution in [0.3, 0.4) is 0 Å². The molecule has 0 radical (unpaired) electrons. The second-order valence-electron chi connectivity index (χ2n) is 6.37. The zero-order chi connectivity index (χ0) is 15.1. The molecule has 3 unspecified atom stereocenters. The number of nitrogens with two attached hydrogens (primary N) is 1. The van der Waals surface area contributed by atoms with E-state index < -0.39 is 17.9 Å². The molecule has 0 heterocycles. The Morgan fingerprint density at radius 1 is 1.00 bits per heavy atom. The topological polar surface area (TPSA) is 75.7 Å². The lowest BCUT2D eigenvalue weighted by Crippen LogP contribution is -2.46. The summed E-state index contributed by atoms with van der Waals surface area (Å²) in [4.78, 5) is 0. The molecule has 0 bridgehead atoms. The summed E-state index contributed by atoms with van der Waals surface area (Å²) in [6.07, 6.45) is 2.43. The Morgan fingerprint density at radius 3 is 2.00 bits per heavy atom. The van der Waals surface area contributed by atoms with Crippen LogP contribution in [-0.2, 0) is 4.74 Å². The van der Waals surface area contributed by atoms with E-state index in [4.69, 9.17) is 10.5 Å². The van der Waals surface area contributed by atoms with Crippen molar-refractivity contribution in [2.24, 2.45) is 11.1 Å². The van der Waals surface area contributed by atoms with E-state index in [1.807, 2.05) is 13.8 Å². The highest BCUT2D eigenvalue weighted by Gasteiger charge is 2.28. The van der Waals surface area contributed by atoms with Crippen molar-refractivity contribution in [1.29, 1.82) is 0 Å². The third-order valence-corrected chi connectivity index (χ3v) is 3.96. The van der Waals surface area contributed by atoms with E-state index in [0.29, 0.717) is 25.7 Å². The van der Waals surface area contributed by atoms with Crippen molar-refractivity contribution < 1.29 is 14.9 Å². The molecule has 19 heavy (non-hydrogen) atoms. The molecule has 0 aromatic carbocycles. The smallest absolute Gasteiger partial charge is 0.119 e. The average Bonchev–Trinajstić information content (AvgIpc) is 2.36. The van der Waals surface area contributed by atoms with Crippen molar-refractivity contribution in [2.45, 2.75) is 84.7 Å². The molecule has 0 rings (SSSR count). The molecule has 0 aliphatic carbocycles. The fraction of sp³-hybridized carbons (Fsp3) is 1.00. The van der Waals surface area contributed by atoms with Gasteiger partial charge in [-0.15, -0.1) is 0 Å². The van der Waals surface area contributed by atoms with Crippen molar-refractivity contribution in [3.05, 3.63) is 0 Å². The molecule has 0 aliphatic rings. The van der Waals surface area contributed by atoms with Crippen molar-refractivity contribution in [3.8, 4) is 0 Å². The van der Waals surface area contributed by atoms with Crippen molar-refractivity contribution in [3.63, 3.8) is 0 Å². The van der Waals surface area contributed by atoms with Gasteiger partial charge in [-0.2, -0.15) is 0 Å². The van der Waals surface area contributed by atoms with Crippen LogP contribution < -0.4 is 5.73 Å². The molecule has 0 aliphatic heterocycles. The number of hydrogen-bond acceptors (Lipinski definition) is 4. The van der Waals surface area contributed by atoms with Crippen LogP contribution in [0.2, 0.25) is 0 Å². The minimum absolute atomic E-state index is 0.106. The van der Waals surface area contributed by atoms with Gasteiger partial charge < -0.3 is 20.7 Å². The highest BCUT2D eigenvalue weighted by Crippen LogP contribution is 2.27. The molecule has 4 nitrogen and oxygen atoms in total. The molecule has 0 aromatic rings. The van der Waals surface area contributed by atoms with E-state index in [-0.39, 0.29) is 12.0 Å². The van der Waals surface area contributed by atoms with Crippen molar-refractivity contribution in [2.75, 3.05) is 6.61 Å². The molecule has 4 N–H and O–H groups in total. The van der Waals surface area contributed by atoms with Gasteiger partial charge in [-0.3, -0.25) is 0 Å². The lowest BCUT2D eigenvalue weighted by molar-refractivity contribution is -0.105. The number of aliphatic hydroxyl groups excluding tert-OH is 2. The zero-order valence-electron chi connectivity index (χ0n) is 13.3. The summed E-state index contributed by atoms with van der Waals surface area (Å²) < 4.78 is 5.67. The molecule has 0 amide bonds. The second kappa shape index (κ2) is 8.20. The number of rotatable bonds is 10. The maximum Gasteiger partial charge on any atom is 0.119 e. The molecule has 3 atom stereocenters. The molecular weight excluding hydrogens is 242 g/mol. The third-order valence-electron chi connectivity index (χ3n) is 3.96. The van der Waals surface area contributed by atoms with E-state index >= 15 is 0 Å². The van der Waals surface area contributed by atoms with Gasteiger partial charge in [0, 0.05) is 6.42 Å². The summed E-state index contributed by atoms with van der Waals surface area (Å²) >= 11 is 0. The van der Waals surface area contributed by atoms with Crippen LogP contribution in [0, 0.1) is 5.41 Å². The summed E-state index contributed by atoms with van der Waals surface area (Å²) in [7, 11) is 0. The molecular formula is C15H33NO3. The zero-order valence-corrected chi connectivity index (χ0v) is 13.3. The summed E-state index contributed by atoms with van der Waals surface area (Å²) in [6, 6.07) is 0. The normalized spacial score (nSPS) is 18.9. The van der Waals surface area contributed by atoms with E-state index in [1.54, 1.807) is 0 Å². The molecule has 4 heteroatoms. The van der Waals surface area contributed by atoms with Gasteiger partial charge in [-0.25, -0.2) is 0 Å². The Kier molecular flexibility index (Phi) is 8.13. The Balaban J connectivity index is 4.26. The highest BCUT2D eigenvalue weighted by atomic mass is 16.5. The predicted octanol–water partition coefficient (Wildman–Crippen LogP) is 2.42. The van der Waals surface area contributed by atoms with Crippen LogP contribution in [0.1, 0.15) is 66.7 Å². The van der Waals surface area contributed by atoms with Gasteiger partial charge in [-0.05, 0) is 24.7 Å². The molecule has 0 spiro atoms. The highest BCUT2D eigenvalue weighted by molar-refractivity contribution is 4.77. The lowest BCUT2D eigenvalue weighted by atomic mass is 9.84. The van der Waals surface area contributed by atoms with Gasteiger partial charge >= 0.3 is 0 Å². The monoisotopic (exact) mass is 275 g/mol. The van der Waals surface area contributed by atoms with E-state index in [9.17, 15) is 10.2 Å². The fourth-order valence-corrected chi connectivity index (χ4v) is 1.95. The third kappa shape index (κ3) is 7.88. The Bertz CT molecular complexity index is 246. The largest absolute Gasteiger partial charge is 0.393 e. The summed E-state index contributed by atoms with van der Waals surface area (Å²) in [5.41, 5.74) is 5.39. The Morgan fingerprint density at radius 2 is 1.58 bits per heavy atom. The van der Waals surface area contributed by atoms with Crippen LogP contribution in [0.25, 0.3) is 0 Å².